The van der Waals surface area contributed by atoms with Crippen LogP contribution in [0.25, 0.3) is 6.08 Å². The first-order valence-electron chi connectivity index (χ1n) is 6.02. The minimum atomic E-state index is -0.965. The van der Waals surface area contributed by atoms with Crippen LogP contribution in [-0.4, -0.2) is 11.1 Å². The van der Waals surface area contributed by atoms with Crippen LogP contribution in [0.2, 0.25) is 5.02 Å². The van der Waals surface area contributed by atoms with Gasteiger partial charge < -0.3 is 9.84 Å². The molecule has 0 saturated heterocycles. The monoisotopic (exact) mass is 288 g/mol. The summed E-state index contributed by atoms with van der Waals surface area (Å²) in [5.74, 6) is -0.228. The van der Waals surface area contributed by atoms with Crippen molar-refractivity contribution in [3.8, 4) is 5.75 Å². The van der Waals surface area contributed by atoms with Gasteiger partial charge in [0.15, 0.2) is 0 Å². The average Bonchev–Trinajstić information content (AvgIpc) is 2.45. The van der Waals surface area contributed by atoms with Gasteiger partial charge in [-0.2, -0.15) is 0 Å². The second-order valence-electron chi connectivity index (χ2n) is 4.16. The van der Waals surface area contributed by atoms with E-state index < -0.39 is 5.97 Å². The fourth-order valence-electron chi connectivity index (χ4n) is 1.65. The quantitative estimate of drug-likeness (QED) is 0.845. The van der Waals surface area contributed by atoms with E-state index in [9.17, 15) is 4.79 Å². The van der Waals surface area contributed by atoms with Gasteiger partial charge in [0.25, 0.3) is 0 Å². The molecule has 2 rings (SSSR count). The normalized spacial score (nSPS) is 10.7. The summed E-state index contributed by atoms with van der Waals surface area (Å²) in [5, 5.41) is 9.26. The predicted octanol–water partition coefficient (Wildman–Crippen LogP) is 4.02. The lowest BCUT2D eigenvalue weighted by molar-refractivity contribution is -0.131. The molecule has 0 aliphatic heterocycles. The summed E-state index contributed by atoms with van der Waals surface area (Å²) in [6.07, 6.45) is 2.66. The van der Waals surface area contributed by atoms with Crippen molar-refractivity contribution in [2.45, 2.75) is 6.61 Å². The van der Waals surface area contributed by atoms with Gasteiger partial charge in [-0.25, -0.2) is 4.79 Å². The van der Waals surface area contributed by atoms with Crippen LogP contribution in [0.1, 0.15) is 11.1 Å². The van der Waals surface area contributed by atoms with E-state index in [1.54, 1.807) is 30.3 Å². The highest BCUT2D eigenvalue weighted by atomic mass is 35.5. The lowest BCUT2D eigenvalue weighted by Gasteiger charge is -2.07. The lowest BCUT2D eigenvalue weighted by Crippen LogP contribution is -1.95. The molecule has 0 aromatic heterocycles. The van der Waals surface area contributed by atoms with Gasteiger partial charge in [-0.3, -0.25) is 0 Å². The van der Waals surface area contributed by atoms with Gasteiger partial charge in [0.1, 0.15) is 12.4 Å². The van der Waals surface area contributed by atoms with Crippen LogP contribution in [0.4, 0.5) is 0 Å². The van der Waals surface area contributed by atoms with Crippen molar-refractivity contribution in [3.63, 3.8) is 0 Å². The summed E-state index contributed by atoms with van der Waals surface area (Å²) in [6.45, 7) is 0.413. The highest BCUT2D eigenvalue weighted by Gasteiger charge is 1.98. The third kappa shape index (κ3) is 4.44. The van der Waals surface area contributed by atoms with E-state index in [0.717, 1.165) is 23.0 Å². The summed E-state index contributed by atoms with van der Waals surface area (Å²) >= 11 is 5.80. The second kappa shape index (κ2) is 6.78. The van der Waals surface area contributed by atoms with Crippen molar-refractivity contribution in [1.29, 1.82) is 0 Å². The zero-order valence-corrected chi connectivity index (χ0v) is 11.4. The smallest absolute Gasteiger partial charge is 0.328 e. The summed E-state index contributed by atoms with van der Waals surface area (Å²) in [4.78, 5) is 10.5. The van der Waals surface area contributed by atoms with Gasteiger partial charge in [-0.05, 0) is 47.5 Å². The third-order valence-electron chi connectivity index (χ3n) is 2.59. The van der Waals surface area contributed by atoms with E-state index in [1.165, 1.54) is 0 Å². The molecular formula is C16H13ClO3. The van der Waals surface area contributed by atoms with Crippen LogP contribution in [0.15, 0.2) is 54.6 Å². The van der Waals surface area contributed by atoms with E-state index in [1.807, 2.05) is 24.3 Å². The molecule has 0 aliphatic carbocycles. The Morgan fingerprint density at radius 2 is 1.95 bits per heavy atom. The number of carboxylic acid groups (broad SMARTS) is 1. The van der Waals surface area contributed by atoms with Gasteiger partial charge in [-0.1, -0.05) is 29.8 Å². The molecule has 0 amide bonds. The van der Waals surface area contributed by atoms with Crippen LogP contribution in [-0.2, 0) is 11.4 Å². The number of ether oxygens (including phenoxy) is 1. The minimum Gasteiger partial charge on any atom is -0.489 e. The number of hydrogen-bond acceptors (Lipinski definition) is 2. The molecule has 0 saturated carbocycles. The molecule has 0 bridgehead atoms. The third-order valence-corrected chi connectivity index (χ3v) is 2.84. The van der Waals surface area contributed by atoms with E-state index in [-0.39, 0.29) is 0 Å². The maximum atomic E-state index is 10.5. The van der Waals surface area contributed by atoms with Crippen LogP contribution in [0, 0.1) is 0 Å². The number of halogens is 1. The standard InChI is InChI=1S/C16H13ClO3/c17-14-5-7-15(8-6-14)20-11-13-3-1-2-12(10-13)4-9-16(18)19/h1-10H,11H2,(H,18,19). The lowest BCUT2D eigenvalue weighted by atomic mass is 10.1. The van der Waals surface area contributed by atoms with Crippen molar-refractivity contribution in [2.75, 3.05) is 0 Å². The van der Waals surface area contributed by atoms with E-state index >= 15 is 0 Å². The Morgan fingerprint density at radius 3 is 2.65 bits per heavy atom. The molecule has 102 valence electrons. The molecule has 0 atom stereocenters. The Bertz CT molecular complexity index is 618. The molecule has 0 heterocycles. The molecule has 2 aromatic rings. The SMILES string of the molecule is O=C(O)C=Cc1cccc(COc2ccc(Cl)cc2)c1. The van der Waals surface area contributed by atoms with Gasteiger partial charge in [0.05, 0.1) is 0 Å². The summed E-state index contributed by atoms with van der Waals surface area (Å²) in [5.41, 5.74) is 1.79. The van der Waals surface area contributed by atoms with E-state index in [0.29, 0.717) is 11.6 Å². The van der Waals surface area contributed by atoms with Gasteiger partial charge >= 0.3 is 5.97 Å². The van der Waals surface area contributed by atoms with Crippen LogP contribution >= 0.6 is 11.6 Å². The highest BCUT2D eigenvalue weighted by molar-refractivity contribution is 6.30. The summed E-state index contributed by atoms with van der Waals surface area (Å²) in [6, 6.07) is 14.6. The maximum Gasteiger partial charge on any atom is 0.328 e. The highest BCUT2D eigenvalue weighted by Crippen LogP contribution is 2.17. The summed E-state index contributed by atoms with van der Waals surface area (Å²) < 4.78 is 5.63. The minimum absolute atomic E-state index is 0.413. The Labute approximate surface area is 122 Å². The molecule has 0 aliphatic rings. The van der Waals surface area contributed by atoms with Crippen LogP contribution in [0.5, 0.6) is 5.75 Å². The Morgan fingerprint density at radius 1 is 1.20 bits per heavy atom. The summed E-state index contributed by atoms with van der Waals surface area (Å²) in [7, 11) is 0. The number of benzene rings is 2. The topological polar surface area (TPSA) is 46.5 Å². The van der Waals surface area contributed by atoms with Crippen molar-refractivity contribution in [2.24, 2.45) is 0 Å². The second-order valence-corrected chi connectivity index (χ2v) is 4.60. The van der Waals surface area contributed by atoms with Crippen molar-refractivity contribution >= 4 is 23.6 Å². The first-order valence-corrected chi connectivity index (χ1v) is 6.39. The first-order chi connectivity index (χ1) is 9.63. The zero-order chi connectivity index (χ0) is 14.4. The molecular weight excluding hydrogens is 276 g/mol. The molecule has 2 aromatic carbocycles. The Balaban J connectivity index is 2.01. The van der Waals surface area contributed by atoms with Crippen LogP contribution in [0.3, 0.4) is 0 Å². The number of hydrogen-bond donors (Lipinski definition) is 1. The number of carboxylic acids is 1. The Hall–Kier alpha value is -2.26. The number of aliphatic carboxylic acids is 1. The predicted molar refractivity (Wildman–Crippen MR) is 78.9 cm³/mol. The van der Waals surface area contributed by atoms with Gasteiger partial charge in [0, 0.05) is 11.1 Å². The molecule has 3 nitrogen and oxygen atoms in total. The number of carbonyl (C=O) groups is 1. The van der Waals surface area contributed by atoms with E-state index in [4.69, 9.17) is 21.4 Å². The molecule has 1 N–H and O–H groups in total. The molecule has 0 radical (unpaired) electrons. The van der Waals surface area contributed by atoms with Gasteiger partial charge in [-0.15, -0.1) is 0 Å². The van der Waals surface area contributed by atoms with Crippen molar-refractivity contribution in [1.82, 2.24) is 0 Å². The fourth-order valence-corrected chi connectivity index (χ4v) is 1.78. The van der Waals surface area contributed by atoms with E-state index in [2.05, 4.69) is 0 Å². The zero-order valence-electron chi connectivity index (χ0n) is 10.6. The molecule has 0 spiro atoms. The number of rotatable bonds is 5. The molecule has 0 fully saturated rings. The fraction of sp³-hybridized carbons (Fsp3) is 0.0625. The molecule has 4 heteroatoms. The molecule has 0 unspecified atom stereocenters. The van der Waals surface area contributed by atoms with Crippen LogP contribution < -0.4 is 4.74 Å². The Kier molecular flexibility index (Phi) is 4.80. The maximum absolute atomic E-state index is 10.5. The molecule has 20 heavy (non-hydrogen) atoms. The average molecular weight is 289 g/mol. The van der Waals surface area contributed by atoms with Crippen molar-refractivity contribution < 1.29 is 14.6 Å². The first kappa shape index (κ1) is 14.2. The largest absolute Gasteiger partial charge is 0.489 e. The van der Waals surface area contributed by atoms with Crippen molar-refractivity contribution in [3.05, 3.63) is 70.8 Å². The van der Waals surface area contributed by atoms with Gasteiger partial charge in [0.2, 0.25) is 0 Å².